The zero-order valence-corrected chi connectivity index (χ0v) is 13.7. The Balaban J connectivity index is 2.03. The molecule has 1 aromatic carbocycles. The summed E-state index contributed by atoms with van der Waals surface area (Å²) in [6.07, 6.45) is 2.74. The van der Waals surface area contributed by atoms with Crippen LogP contribution in [-0.4, -0.2) is 23.0 Å². The number of methoxy groups -OCH3 is 1. The molecule has 4 nitrogen and oxygen atoms in total. The number of carbonyl (C=O) groups is 1. The number of carbonyl (C=O) groups excluding carboxylic acids is 1. The number of thioether (sulfide) groups is 1. The van der Waals surface area contributed by atoms with Crippen LogP contribution in [0, 0.1) is 5.82 Å². The van der Waals surface area contributed by atoms with E-state index in [4.69, 9.17) is 4.74 Å². The molecule has 0 saturated carbocycles. The predicted molar refractivity (Wildman–Crippen MR) is 84.7 cm³/mol. The van der Waals surface area contributed by atoms with Gasteiger partial charge in [0.2, 0.25) is 5.78 Å². The van der Waals surface area contributed by atoms with Gasteiger partial charge in [-0.05, 0) is 29.8 Å². The van der Waals surface area contributed by atoms with Gasteiger partial charge in [-0.3, -0.25) is 4.79 Å². The molecule has 2 heterocycles. The van der Waals surface area contributed by atoms with Crippen LogP contribution in [-0.2, 0) is 0 Å². The van der Waals surface area contributed by atoms with E-state index in [1.54, 1.807) is 12.1 Å². The predicted octanol–water partition coefficient (Wildman–Crippen LogP) is 4.03. The maximum Gasteiger partial charge on any atom is 0.202 e. The number of hydrogen-bond acceptors (Lipinski definition) is 5. The zero-order chi connectivity index (χ0) is 15.9. The SMILES string of the molecule is COc1cc(/C=C2\Sc3ncc(F)cc3C2=O)c(Br)cc1O. The van der Waals surface area contributed by atoms with Gasteiger partial charge in [0.1, 0.15) is 10.8 Å². The number of pyridine rings is 1. The van der Waals surface area contributed by atoms with Crippen LogP contribution in [0.15, 0.2) is 38.8 Å². The van der Waals surface area contributed by atoms with Gasteiger partial charge in [-0.2, -0.15) is 0 Å². The third-order valence-electron chi connectivity index (χ3n) is 3.08. The summed E-state index contributed by atoms with van der Waals surface area (Å²) in [5.41, 5.74) is 0.928. The van der Waals surface area contributed by atoms with E-state index in [1.807, 2.05) is 0 Å². The van der Waals surface area contributed by atoms with Crippen molar-refractivity contribution >= 4 is 39.6 Å². The number of aromatic nitrogens is 1. The van der Waals surface area contributed by atoms with Crippen LogP contribution in [0.1, 0.15) is 15.9 Å². The number of ketones is 1. The van der Waals surface area contributed by atoms with E-state index in [9.17, 15) is 14.3 Å². The van der Waals surface area contributed by atoms with Crippen LogP contribution in [0.25, 0.3) is 6.08 Å². The first-order valence-electron chi connectivity index (χ1n) is 6.16. The van der Waals surface area contributed by atoms with Crippen molar-refractivity contribution < 1.29 is 19.0 Å². The molecule has 0 amide bonds. The number of phenols is 1. The van der Waals surface area contributed by atoms with Crippen LogP contribution in [0.2, 0.25) is 0 Å². The van der Waals surface area contributed by atoms with Crippen molar-refractivity contribution in [2.24, 2.45) is 0 Å². The molecule has 1 aliphatic rings. The Labute approximate surface area is 138 Å². The lowest BCUT2D eigenvalue weighted by molar-refractivity contribution is 0.104. The number of benzene rings is 1. The largest absolute Gasteiger partial charge is 0.504 e. The molecule has 7 heteroatoms. The second-order valence-electron chi connectivity index (χ2n) is 4.49. The number of ether oxygens (including phenoxy) is 1. The van der Waals surface area contributed by atoms with Gasteiger partial charge >= 0.3 is 0 Å². The van der Waals surface area contributed by atoms with E-state index in [2.05, 4.69) is 20.9 Å². The van der Waals surface area contributed by atoms with Gasteiger partial charge in [0, 0.05) is 4.47 Å². The first-order valence-corrected chi connectivity index (χ1v) is 7.77. The molecule has 3 rings (SSSR count). The van der Waals surface area contributed by atoms with Crippen molar-refractivity contribution in [1.29, 1.82) is 0 Å². The Bertz CT molecular complexity index is 823. The molecule has 1 aliphatic heterocycles. The van der Waals surface area contributed by atoms with Gasteiger partial charge in [0.15, 0.2) is 11.5 Å². The standard InChI is InChI=1S/C15H9BrFNO3S/c1-21-12-2-7(10(16)5-11(12)19)3-13-14(20)9-4-8(17)6-18-15(9)22-13/h2-6,19H,1H3/b13-3-. The molecule has 0 spiro atoms. The van der Waals surface area contributed by atoms with Crippen LogP contribution in [0.5, 0.6) is 11.5 Å². The summed E-state index contributed by atoms with van der Waals surface area (Å²) in [4.78, 5) is 16.6. The Hall–Kier alpha value is -1.86. The van der Waals surface area contributed by atoms with E-state index in [-0.39, 0.29) is 17.1 Å². The fourth-order valence-electron chi connectivity index (χ4n) is 2.02. The van der Waals surface area contributed by atoms with Crippen molar-refractivity contribution in [2.75, 3.05) is 7.11 Å². The van der Waals surface area contributed by atoms with E-state index >= 15 is 0 Å². The molecular formula is C15H9BrFNO3S. The van der Waals surface area contributed by atoms with Crippen molar-refractivity contribution in [3.63, 3.8) is 0 Å². The maximum atomic E-state index is 13.2. The van der Waals surface area contributed by atoms with E-state index < -0.39 is 5.82 Å². The summed E-state index contributed by atoms with van der Waals surface area (Å²) in [5, 5.41) is 10.2. The normalized spacial score (nSPS) is 15.2. The monoisotopic (exact) mass is 381 g/mol. The lowest BCUT2D eigenvalue weighted by Gasteiger charge is -2.07. The average molecular weight is 382 g/mol. The Morgan fingerprint density at radius 3 is 2.91 bits per heavy atom. The third-order valence-corrected chi connectivity index (χ3v) is 4.81. The Morgan fingerprint density at radius 2 is 2.18 bits per heavy atom. The molecule has 0 saturated heterocycles. The van der Waals surface area contributed by atoms with Gasteiger partial charge in [0.05, 0.1) is 23.8 Å². The number of phenolic OH excluding ortho intramolecular Hbond substituents is 1. The lowest BCUT2D eigenvalue weighted by Crippen LogP contribution is -1.96. The summed E-state index contributed by atoms with van der Waals surface area (Å²) < 4.78 is 18.9. The minimum absolute atomic E-state index is 0.00560. The van der Waals surface area contributed by atoms with Gasteiger partial charge in [-0.25, -0.2) is 9.37 Å². The molecule has 22 heavy (non-hydrogen) atoms. The molecular weight excluding hydrogens is 373 g/mol. The number of fused-ring (bicyclic) bond motifs is 1. The summed E-state index contributed by atoms with van der Waals surface area (Å²) in [5.74, 6) is -0.520. The topological polar surface area (TPSA) is 59.4 Å². The van der Waals surface area contributed by atoms with Gasteiger partial charge < -0.3 is 9.84 Å². The van der Waals surface area contributed by atoms with Crippen LogP contribution < -0.4 is 4.74 Å². The summed E-state index contributed by atoms with van der Waals surface area (Å²) in [6, 6.07) is 4.28. The molecule has 1 aromatic heterocycles. The van der Waals surface area contributed by atoms with Crippen molar-refractivity contribution in [2.45, 2.75) is 5.03 Å². The van der Waals surface area contributed by atoms with E-state index in [1.165, 1.54) is 31.0 Å². The molecule has 1 N–H and O–H groups in total. The highest BCUT2D eigenvalue weighted by Gasteiger charge is 2.28. The molecule has 0 aliphatic carbocycles. The number of hydrogen-bond donors (Lipinski definition) is 1. The maximum absolute atomic E-state index is 13.2. The van der Waals surface area contributed by atoms with E-state index in [0.717, 1.165) is 6.20 Å². The fourth-order valence-corrected chi connectivity index (χ4v) is 3.43. The highest BCUT2D eigenvalue weighted by atomic mass is 79.9. The highest BCUT2D eigenvalue weighted by molar-refractivity contribution is 9.10. The van der Waals surface area contributed by atoms with Crippen LogP contribution >= 0.6 is 27.7 Å². The average Bonchev–Trinajstić information content (AvgIpc) is 2.78. The summed E-state index contributed by atoms with van der Waals surface area (Å²) >= 11 is 4.51. The number of halogens is 2. The quantitative estimate of drug-likeness (QED) is 0.795. The zero-order valence-electron chi connectivity index (χ0n) is 11.3. The lowest BCUT2D eigenvalue weighted by atomic mass is 10.1. The first kappa shape index (κ1) is 15.1. The minimum Gasteiger partial charge on any atom is -0.504 e. The smallest absolute Gasteiger partial charge is 0.202 e. The molecule has 0 fully saturated rings. The number of rotatable bonds is 2. The summed E-state index contributed by atoms with van der Waals surface area (Å²) in [7, 11) is 1.44. The van der Waals surface area contributed by atoms with Gasteiger partial charge in [-0.1, -0.05) is 27.7 Å². The van der Waals surface area contributed by atoms with Gasteiger partial charge in [-0.15, -0.1) is 0 Å². The van der Waals surface area contributed by atoms with Crippen molar-refractivity contribution in [3.05, 3.63) is 50.7 Å². The molecule has 0 unspecified atom stereocenters. The second kappa shape index (κ2) is 5.73. The van der Waals surface area contributed by atoms with Crippen molar-refractivity contribution in [1.82, 2.24) is 4.98 Å². The number of nitrogens with zero attached hydrogens (tertiary/aromatic N) is 1. The first-order chi connectivity index (χ1) is 10.5. The van der Waals surface area contributed by atoms with E-state index in [0.29, 0.717) is 25.7 Å². The minimum atomic E-state index is -0.540. The van der Waals surface area contributed by atoms with Crippen LogP contribution in [0.4, 0.5) is 4.39 Å². The van der Waals surface area contributed by atoms with Crippen molar-refractivity contribution in [3.8, 4) is 11.5 Å². The Morgan fingerprint density at radius 1 is 1.41 bits per heavy atom. The third kappa shape index (κ3) is 2.62. The molecule has 112 valence electrons. The molecule has 0 atom stereocenters. The molecule has 0 radical (unpaired) electrons. The Kier molecular flexibility index (Phi) is 3.92. The van der Waals surface area contributed by atoms with Crippen LogP contribution in [0.3, 0.4) is 0 Å². The van der Waals surface area contributed by atoms with Gasteiger partial charge in [0.25, 0.3) is 0 Å². The fraction of sp³-hybridized carbons (Fsp3) is 0.0667. The number of aromatic hydroxyl groups is 1. The highest BCUT2D eigenvalue weighted by Crippen LogP contribution is 2.41. The molecule has 0 bridgehead atoms. The molecule has 2 aromatic rings. The number of allylic oxidation sites excluding steroid dienone is 1. The second-order valence-corrected chi connectivity index (χ2v) is 6.38. The number of Topliss-reactive ketones (excluding diaryl/α,β-unsaturated/α-hetero) is 1. The summed E-state index contributed by atoms with van der Waals surface area (Å²) in [6.45, 7) is 0.